The van der Waals surface area contributed by atoms with Crippen molar-refractivity contribution in [2.45, 2.75) is 25.6 Å². The van der Waals surface area contributed by atoms with Gasteiger partial charge < -0.3 is 5.11 Å². The highest BCUT2D eigenvalue weighted by atomic mass is 79.9. The van der Waals surface area contributed by atoms with Crippen LogP contribution in [0.2, 0.25) is 0 Å². The molecule has 0 radical (unpaired) electrons. The van der Waals surface area contributed by atoms with Crippen LogP contribution in [-0.2, 0) is 0 Å². The van der Waals surface area contributed by atoms with E-state index in [1.54, 1.807) is 6.07 Å². The molecule has 4 heteroatoms. The Hall–Kier alpha value is -2.43. The van der Waals surface area contributed by atoms with Crippen LogP contribution in [0.15, 0.2) is 82.3 Å². The quantitative estimate of drug-likeness (QED) is 0.571. The molecule has 0 bridgehead atoms. The number of phenolic OH excluding ortho intramolecular Hbond substituents is 1. The Morgan fingerprint density at radius 2 is 1.78 bits per heavy atom. The molecule has 136 valence electrons. The average molecular weight is 421 g/mol. The van der Waals surface area contributed by atoms with E-state index < -0.39 is 0 Å². The summed E-state index contributed by atoms with van der Waals surface area (Å²) < 4.78 is 1.03. The summed E-state index contributed by atoms with van der Waals surface area (Å²) in [6.45, 7) is 2.08. The summed E-state index contributed by atoms with van der Waals surface area (Å²) in [5, 5.41) is 14.0. The molecular weight excluding hydrogens is 400 g/mol. The maximum atomic E-state index is 10.4. The van der Waals surface area contributed by atoms with Crippen molar-refractivity contribution in [2.75, 3.05) is 0 Å². The number of nitrogens with zero attached hydrogens (tertiary/aromatic N) is 1. The molecule has 1 aliphatic rings. The molecular formula is C23H21BrN2O. The Bertz CT molecular complexity index is 982. The zero-order valence-corrected chi connectivity index (χ0v) is 16.6. The topological polar surface area (TPSA) is 44.6 Å². The lowest BCUT2D eigenvalue weighted by Crippen LogP contribution is -2.33. The second-order valence-electron chi connectivity index (χ2n) is 6.88. The van der Waals surface area contributed by atoms with E-state index in [2.05, 4.69) is 64.6 Å². The van der Waals surface area contributed by atoms with Gasteiger partial charge in [0.05, 0.1) is 0 Å². The molecule has 0 amide bonds. The molecule has 0 aromatic heterocycles. The van der Waals surface area contributed by atoms with E-state index in [4.69, 9.17) is 4.99 Å². The van der Waals surface area contributed by atoms with Crippen molar-refractivity contribution in [1.29, 1.82) is 0 Å². The molecule has 0 saturated heterocycles. The molecule has 2 N–H and O–H groups in total. The van der Waals surface area contributed by atoms with Crippen LogP contribution in [0.1, 0.15) is 40.9 Å². The molecule has 2 atom stereocenters. The van der Waals surface area contributed by atoms with E-state index >= 15 is 0 Å². The number of aryl methyl sites for hydroxylation is 1. The van der Waals surface area contributed by atoms with Crippen molar-refractivity contribution in [3.8, 4) is 5.75 Å². The third-order valence-electron chi connectivity index (χ3n) is 4.90. The summed E-state index contributed by atoms with van der Waals surface area (Å²) in [6, 6.07) is 24.2. The molecule has 3 aromatic carbocycles. The number of rotatable bonds is 3. The van der Waals surface area contributed by atoms with E-state index in [1.165, 1.54) is 5.56 Å². The number of phenols is 1. The first-order valence-electron chi connectivity index (χ1n) is 9.03. The molecule has 0 fully saturated rings. The summed E-state index contributed by atoms with van der Waals surface area (Å²) in [7, 11) is 0. The molecule has 0 spiro atoms. The van der Waals surface area contributed by atoms with Gasteiger partial charge in [0.1, 0.15) is 11.9 Å². The minimum atomic E-state index is -0.155. The fourth-order valence-corrected chi connectivity index (χ4v) is 3.85. The minimum absolute atomic E-state index is 0.0102. The van der Waals surface area contributed by atoms with Crippen LogP contribution in [0.5, 0.6) is 5.75 Å². The summed E-state index contributed by atoms with van der Waals surface area (Å²) >= 11 is 3.56. The van der Waals surface area contributed by atoms with Crippen LogP contribution in [0, 0.1) is 6.92 Å². The predicted molar refractivity (Wildman–Crippen MR) is 113 cm³/mol. The Kier molecular flexibility index (Phi) is 5.10. The molecule has 1 aliphatic heterocycles. The molecule has 0 aliphatic carbocycles. The van der Waals surface area contributed by atoms with Crippen LogP contribution in [0.25, 0.3) is 0 Å². The predicted octanol–water partition coefficient (Wildman–Crippen LogP) is 5.69. The van der Waals surface area contributed by atoms with E-state index in [-0.39, 0.29) is 12.2 Å². The second-order valence-corrected chi connectivity index (χ2v) is 7.80. The van der Waals surface area contributed by atoms with Crippen molar-refractivity contribution in [3.63, 3.8) is 0 Å². The van der Waals surface area contributed by atoms with Crippen molar-refractivity contribution >= 4 is 21.6 Å². The zero-order chi connectivity index (χ0) is 18.8. The largest absolute Gasteiger partial charge is 0.508 e. The number of hydrogen-bond donors (Lipinski definition) is 2. The lowest BCUT2D eigenvalue weighted by atomic mass is 9.93. The van der Waals surface area contributed by atoms with Crippen LogP contribution in [-0.4, -0.2) is 10.8 Å². The lowest BCUT2D eigenvalue weighted by molar-refractivity contribution is 0.412. The van der Waals surface area contributed by atoms with Gasteiger partial charge in [-0.25, -0.2) is 0 Å². The van der Waals surface area contributed by atoms with Gasteiger partial charge in [0, 0.05) is 28.2 Å². The minimum Gasteiger partial charge on any atom is -0.508 e. The van der Waals surface area contributed by atoms with Crippen molar-refractivity contribution in [1.82, 2.24) is 5.32 Å². The van der Waals surface area contributed by atoms with Crippen LogP contribution in [0.4, 0.5) is 0 Å². The van der Waals surface area contributed by atoms with Crippen molar-refractivity contribution < 1.29 is 5.11 Å². The van der Waals surface area contributed by atoms with Gasteiger partial charge >= 0.3 is 0 Å². The molecule has 0 unspecified atom stereocenters. The number of aliphatic imine (C=N–C) groups is 1. The second kappa shape index (κ2) is 7.67. The van der Waals surface area contributed by atoms with Crippen molar-refractivity contribution in [2.24, 2.45) is 4.99 Å². The number of halogens is 1. The van der Waals surface area contributed by atoms with Gasteiger partial charge in [-0.05, 0) is 36.2 Å². The normalized spacial score (nSPS) is 19.6. The standard InChI is InChI=1S/C23H21BrN2O/c1-15-9-11-16(12-10-15)23-25-20(17-5-4-6-18(24)13-17)14-21(26-23)19-7-2-3-8-22(19)27/h2-13,21,23,26-27H,14H2,1H3/t21-,23-/m1/s1. The van der Waals surface area contributed by atoms with Gasteiger partial charge in [0.15, 0.2) is 0 Å². The van der Waals surface area contributed by atoms with E-state index in [0.29, 0.717) is 5.75 Å². The fourth-order valence-electron chi connectivity index (χ4n) is 3.45. The Morgan fingerprint density at radius 3 is 2.52 bits per heavy atom. The van der Waals surface area contributed by atoms with E-state index in [1.807, 2.05) is 30.3 Å². The van der Waals surface area contributed by atoms with Gasteiger partial charge in [-0.3, -0.25) is 10.3 Å². The highest BCUT2D eigenvalue weighted by Gasteiger charge is 2.27. The molecule has 27 heavy (non-hydrogen) atoms. The van der Waals surface area contributed by atoms with Gasteiger partial charge in [0.25, 0.3) is 0 Å². The van der Waals surface area contributed by atoms with Gasteiger partial charge in [0.2, 0.25) is 0 Å². The number of hydrogen-bond acceptors (Lipinski definition) is 3. The highest BCUT2D eigenvalue weighted by Crippen LogP contribution is 2.34. The Balaban J connectivity index is 1.76. The van der Waals surface area contributed by atoms with Crippen LogP contribution >= 0.6 is 15.9 Å². The van der Waals surface area contributed by atoms with E-state index in [9.17, 15) is 5.11 Å². The first-order chi connectivity index (χ1) is 13.1. The number of benzene rings is 3. The van der Waals surface area contributed by atoms with Crippen LogP contribution in [0.3, 0.4) is 0 Å². The number of aromatic hydroxyl groups is 1. The molecule has 1 heterocycles. The third kappa shape index (κ3) is 3.97. The maximum absolute atomic E-state index is 10.4. The lowest BCUT2D eigenvalue weighted by Gasteiger charge is -2.31. The van der Waals surface area contributed by atoms with Gasteiger partial charge in [-0.2, -0.15) is 0 Å². The van der Waals surface area contributed by atoms with Crippen molar-refractivity contribution in [3.05, 3.63) is 99.5 Å². The molecule has 4 rings (SSSR count). The monoisotopic (exact) mass is 420 g/mol. The highest BCUT2D eigenvalue weighted by molar-refractivity contribution is 9.10. The fraction of sp³-hybridized carbons (Fsp3) is 0.174. The Morgan fingerprint density at radius 1 is 1.00 bits per heavy atom. The average Bonchev–Trinajstić information content (AvgIpc) is 2.68. The van der Waals surface area contributed by atoms with Crippen LogP contribution < -0.4 is 5.32 Å². The third-order valence-corrected chi connectivity index (χ3v) is 5.40. The first-order valence-corrected chi connectivity index (χ1v) is 9.82. The smallest absolute Gasteiger partial charge is 0.126 e. The SMILES string of the molecule is Cc1ccc([C@@H]2N=C(c3cccc(Br)c3)C[C@H](c3ccccc3O)N2)cc1. The summed E-state index contributed by atoms with van der Waals surface area (Å²) in [6.07, 6.45) is 0.564. The number of para-hydroxylation sites is 1. The van der Waals surface area contributed by atoms with Gasteiger partial charge in [-0.15, -0.1) is 0 Å². The number of nitrogens with one attached hydrogen (secondary N) is 1. The molecule has 0 saturated carbocycles. The van der Waals surface area contributed by atoms with Gasteiger partial charge in [-0.1, -0.05) is 76.1 Å². The maximum Gasteiger partial charge on any atom is 0.126 e. The molecule has 3 nitrogen and oxygen atoms in total. The summed E-state index contributed by atoms with van der Waals surface area (Å²) in [5.74, 6) is 0.313. The summed E-state index contributed by atoms with van der Waals surface area (Å²) in [4.78, 5) is 5.00. The Labute approximate surface area is 167 Å². The first kappa shape index (κ1) is 18.0. The molecule has 3 aromatic rings. The summed E-state index contributed by atoms with van der Waals surface area (Å²) in [5.41, 5.74) is 5.38. The van der Waals surface area contributed by atoms with E-state index in [0.717, 1.165) is 33.3 Å². The zero-order valence-electron chi connectivity index (χ0n) is 15.1.